The number of alkyl halides is 3. The number of benzene rings is 1. The van der Waals surface area contributed by atoms with Gasteiger partial charge in [-0.3, -0.25) is 4.79 Å². The molecule has 19 heavy (non-hydrogen) atoms. The van der Waals surface area contributed by atoms with Gasteiger partial charge in [-0.2, -0.15) is 13.2 Å². The molecule has 0 saturated carbocycles. The fourth-order valence-electron chi connectivity index (χ4n) is 1.66. The summed E-state index contributed by atoms with van der Waals surface area (Å²) >= 11 is 0. The highest BCUT2D eigenvalue weighted by Crippen LogP contribution is 2.26. The third kappa shape index (κ3) is 2.73. The van der Waals surface area contributed by atoms with Crippen LogP contribution < -0.4 is 11.3 Å². The van der Waals surface area contributed by atoms with Crippen LogP contribution in [-0.4, -0.2) is 27.7 Å². The topological polar surface area (TPSA) is 73.8 Å². The van der Waals surface area contributed by atoms with Gasteiger partial charge in [0.2, 0.25) is 0 Å². The summed E-state index contributed by atoms with van der Waals surface area (Å²) in [5, 5.41) is 7.45. The van der Waals surface area contributed by atoms with Crippen molar-refractivity contribution < 1.29 is 13.2 Å². The predicted octanol–water partition coefficient (Wildman–Crippen LogP) is 0.929. The number of nitrogens with zero attached hydrogens (tertiary/aromatic N) is 3. The molecular weight excluding hydrogens is 261 g/mol. The van der Waals surface area contributed by atoms with Crippen LogP contribution >= 0.6 is 0 Å². The first-order valence-electron chi connectivity index (χ1n) is 5.53. The Balaban J connectivity index is 2.41. The molecule has 0 bridgehead atoms. The molecule has 0 aliphatic heterocycles. The number of hydrogen-bond donors (Lipinski definition) is 1. The summed E-state index contributed by atoms with van der Waals surface area (Å²) < 4.78 is 38.5. The second kappa shape index (κ2) is 4.96. The van der Waals surface area contributed by atoms with Gasteiger partial charge in [-0.25, -0.2) is 4.68 Å². The van der Waals surface area contributed by atoms with Gasteiger partial charge in [0.25, 0.3) is 5.56 Å². The van der Waals surface area contributed by atoms with Crippen molar-refractivity contribution in [1.29, 1.82) is 0 Å². The van der Waals surface area contributed by atoms with Gasteiger partial charge in [-0.05, 0) is 12.1 Å². The standard InChI is InChI=1S/C11H11F3N4O/c12-11(13,14)7(5-15)6-18-10(19)8-3-1-2-4-9(8)16-17-18/h1-4,7H,5-6,15H2. The van der Waals surface area contributed by atoms with E-state index in [0.29, 0.717) is 10.2 Å². The maximum absolute atomic E-state index is 12.6. The number of halogens is 3. The molecule has 0 fully saturated rings. The van der Waals surface area contributed by atoms with Gasteiger partial charge in [0.1, 0.15) is 5.52 Å². The van der Waals surface area contributed by atoms with Gasteiger partial charge >= 0.3 is 6.18 Å². The third-order valence-electron chi connectivity index (χ3n) is 2.77. The Hall–Kier alpha value is -1.96. The number of hydrogen-bond acceptors (Lipinski definition) is 4. The maximum atomic E-state index is 12.6. The summed E-state index contributed by atoms with van der Waals surface area (Å²) in [5.41, 5.74) is 4.83. The van der Waals surface area contributed by atoms with Crippen molar-refractivity contribution in [1.82, 2.24) is 15.0 Å². The van der Waals surface area contributed by atoms with Crippen LogP contribution in [0.2, 0.25) is 0 Å². The van der Waals surface area contributed by atoms with Crippen molar-refractivity contribution in [2.24, 2.45) is 11.7 Å². The summed E-state index contributed by atoms with van der Waals surface area (Å²) in [4.78, 5) is 12.0. The van der Waals surface area contributed by atoms with E-state index >= 15 is 0 Å². The molecule has 8 heteroatoms. The van der Waals surface area contributed by atoms with Crippen molar-refractivity contribution in [2.45, 2.75) is 12.7 Å². The first-order valence-corrected chi connectivity index (χ1v) is 5.53. The lowest BCUT2D eigenvalue weighted by molar-refractivity contribution is -0.176. The van der Waals surface area contributed by atoms with E-state index in [9.17, 15) is 18.0 Å². The molecule has 1 unspecified atom stereocenters. The van der Waals surface area contributed by atoms with Crippen LogP contribution in [0.5, 0.6) is 0 Å². The lowest BCUT2D eigenvalue weighted by Gasteiger charge is -2.18. The number of aromatic nitrogens is 3. The SMILES string of the molecule is NCC(Cn1nnc2ccccc2c1=O)C(F)(F)F. The minimum Gasteiger partial charge on any atom is -0.330 e. The van der Waals surface area contributed by atoms with E-state index in [0.717, 1.165) is 0 Å². The molecule has 1 aromatic carbocycles. The molecule has 0 spiro atoms. The molecule has 1 atom stereocenters. The van der Waals surface area contributed by atoms with E-state index < -0.39 is 30.7 Å². The van der Waals surface area contributed by atoms with Gasteiger partial charge in [0.15, 0.2) is 0 Å². The Bertz CT molecular complexity index is 638. The van der Waals surface area contributed by atoms with Crippen LogP contribution in [0.25, 0.3) is 10.9 Å². The summed E-state index contributed by atoms with van der Waals surface area (Å²) in [7, 11) is 0. The first kappa shape index (κ1) is 13.5. The van der Waals surface area contributed by atoms with Crippen molar-refractivity contribution >= 4 is 10.9 Å². The smallest absolute Gasteiger partial charge is 0.330 e. The summed E-state index contributed by atoms with van der Waals surface area (Å²) in [6, 6.07) is 6.34. The van der Waals surface area contributed by atoms with Gasteiger partial charge in [0, 0.05) is 6.54 Å². The average molecular weight is 272 g/mol. The maximum Gasteiger partial charge on any atom is 0.394 e. The zero-order valence-corrected chi connectivity index (χ0v) is 9.76. The second-order valence-electron chi connectivity index (χ2n) is 4.07. The summed E-state index contributed by atoms with van der Waals surface area (Å²) in [6.45, 7) is -1.24. The molecule has 2 rings (SSSR count). The Morgan fingerprint density at radius 1 is 1.32 bits per heavy atom. The summed E-state index contributed by atoms with van der Waals surface area (Å²) in [5.74, 6) is -1.82. The van der Waals surface area contributed by atoms with E-state index in [-0.39, 0.29) is 5.39 Å². The number of fused-ring (bicyclic) bond motifs is 1. The number of nitrogens with two attached hydrogens (primary N) is 1. The average Bonchev–Trinajstić information content (AvgIpc) is 2.37. The minimum absolute atomic E-state index is 0.232. The molecule has 0 aliphatic carbocycles. The van der Waals surface area contributed by atoms with Crippen LogP contribution in [0.3, 0.4) is 0 Å². The predicted molar refractivity (Wildman–Crippen MR) is 62.4 cm³/mol. The van der Waals surface area contributed by atoms with Crippen molar-refractivity contribution in [2.75, 3.05) is 6.54 Å². The van der Waals surface area contributed by atoms with E-state index in [4.69, 9.17) is 5.73 Å². The summed E-state index contributed by atoms with van der Waals surface area (Å²) in [6.07, 6.45) is -4.47. The minimum atomic E-state index is -4.47. The van der Waals surface area contributed by atoms with E-state index in [1.165, 1.54) is 6.07 Å². The van der Waals surface area contributed by atoms with Crippen molar-refractivity contribution in [3.8, 4) is 0 Å². The Kier molecular flexibility index (Phi) is 3.52. The molecule has 102 valence electrons. The molecule has 1 heterocycles. The van der Waals surface area contributed by atoms with Gasteiger partial charge in [0.05, 0.1) is 17.8 Å². The lowest BCUT2D eigenvalue weighted by atomic mass is 10.1. The normalized spacial score (nSPS) is 13.7. The van der Waals surface area contributed by atoms with Crippen LogP contribution in [0.4, 0.5) is 13.2 Å². The van der Waals surface area contributed by atoms with E-state index in [1.807, 2.05) is 0 Å². The molecule has 2 aromatic rings. The Morgan fingerprint density at radius 2 is 2.00 bits per heavy atom. The van der Waals surface area contributed by atoms with Crippen molar-refractivity contribution in [3.05, 3.63) is 34.6 Å². The molecule has 0 saturated heterocycles. The molecule has 5 nitrogen and oxygen atoms in total. The molecule has 0 radical (unpaired) electrons. The van der Waals surface area contributed by atoms with Gasteiger partial charge < -0.3 is 5.73 Å². The van der Waals surface area contributed by atoms with Crippen molar-refractivity contribution in [3.63, 3.8) is 0 Å². The lowest BCUT2D eigenvalue weighted by Crippen LogP contribution is -2.38. The fraction of sp³-hybridized carbons (Fsp3) is 0.364. The third-order valence-corrected chi connectivity index (χ3v) is 2.77. The second-order valence-corrected chi connectivity index (χ2v) is 4.07. The van der Waals surface area contributed by atoms with Gasteiger partial charge in [-0.1, -0.05) is 17.3 Å². The molecule has 1 aromatic heterocycles. The van der Waals surface area contributed by atoms with Gasteiger partial charge in [-0.15, -0.1) is 5.10 Å². The molecule has 0 aliphatic rings. The molecule has 0 amide bonds. The van der Waals surface area contributed by atoms with Crippen LogP contribution in [0.15, 0.2) is 29.1 Å². The zero-order valence-electron chi connectivity index (χ0n) is 9.76. The monoisotopic (exact) mass is 272 g/mol. The zero-order chi connectivity index (χ0) is 14.0. The largest absolute Gasteiger partial charge is 0.394 e. The highest BCUT2D eigenvalue weighted by Gasteiger charge is 2.39. The number of rotatable bonds is 3. The first-order chi connectivity index (χ1) is 8.93. The Labute approximate surface area is 105 Å². The van der Waals surface area contributed by atoms with E-state index in [2.05, 4.69) is 10.3 Å². The highest BCUT2D eigenvalue weighted by atomic mass is 19.4. The quantitative estimate of drug-likeness (QED) is 0.902. The molecular formula is C11H11F3N4O. The van der Waals surface area contributed by atoms with Crippen LogP contribution in [0.1, 0.15) is 0 Å². The van der Waals surface area contributed by atoms with Crippen LogP contribution in [0, 0.1) is 5.92 Å². The fourth-order valence-corrected chi connectivity index (χ4v) is 1.66. The van der Waals surface area contributed by atoms with E-state index in [1.54, 1.807) is 18.2 Å². The molecule has 2 N–H and O–H groups in total. The highest BCUT2D eigenvalue weighted by molar-refractivity contribution is 5.76. The Morgan fingerprint density at radius 3 is 2.63 bits per heavy atom. The van der Waals surface area contributed by atoms with Crippen LogP contribution in [-0.2, 0) is 6.54 Å².